The Morgan fingerprint density at radius 2 is 1.73 bits per heavy atom. The minimum atomic E-state index is -0.283. The van der Waals surface area contributed by atoms with Gasteiger partial charge in [0.2, 0.25) is 11.8 Å². The van der Waals surface area contributed by atoms with Crippen LogP contribution in [0.1, 0.15) is 31.4 Å². The first kappa shape index (κ1) is 21.8. The highest BCUT2D eigenvalue weighted by Gasteiger charge is 2.44. The standard InChI is InChI=1S/C25H27N3O4S/c1-17-24(18-7-3-2-4-8-18)32-25(31)28(17)19-11-13-26(14-12-19)22(29)15-27-20-9-5-6-10-21(20)33-16-23(27)30/h2-10,17,19,24H,11-16H2,1H3. The van der Waals surface area contributed by atoms with E-state index in [0.717, 1.165) is 16.1 Å². The molecule has 2 unspecified atom stereocenters. The first-order valence-corrected chi connectivity index (χ1v) is 12.4. The van der Waals surface area contributed by atoms with E-state index >= 15 is 0 Å². The number of hydrogen-bond acceptors (Lipinski definition) is 5. The molecule has 3 amide bonds. The number of piperidine rings is 1. The van der Waals surface area contributed by atoms with Crippen LogP contribution in [-0.4, -0.2) is 65.2 Å². The summed E-state index contributed by atoms with van der Waals surface area (Å²) in [7, 11) is 0. The van der Waals surface area contributed by atoms with Crippen LogP contribution in [0.2, 0.25) is 0 Å². The normalized spacial score (nSPS) is 23.5. The van der Waals surface area contributed by atoms with Crippen LogP contribution in [0, 0.1) is 0 Å². The maximum Gasteiger partial charge on any atom is 0.411 e. The van der Waals surface area contributed by atoms with E-state index < -0.39 is 0 Å². The summed E-state index contributed by atoms with van der Waals surface area (Å²) in [5.74, 6) is 0.259. The van der Waals surface area contributed by atoms with Crippen molar-refractivity contribution in [2.45, 2.75) is 42.8 Å². The Balaban J connectivity index is 1.20. The summed E-state index contributed by atoms with van der Waals surface area (Å²) in [4.78, 5) is 44.5. The largest absolute Gasteiger partial charge is 0.439 e. The first-order chi connectivity index (χ1) is 16.0. The number of para-hydroxylation sites is 1. The van der Waals surface area contributed by atoms with E-state index in [9.17, 15) is 14.4 Å². The molecule has 33 heavy (non-hydrogen) atoms. The molecule has 5 rings (SSSR count). The Bertz CT molecular complexity index is 1050. The van der Waals surface area contributed by atoms with Gasteiger partial charge in [0, 0.05) is 24.0 Å². The number of ether oxygens (including phenoxy) is 1. The number of likely N-dealkylation sites (tertiary alicyclic amines) is 1. The summed E-state index contributed by atoms with van der Waals surface area (Å²) in [5.41, 5.74) is 1.81. The van der Waals surface area contributed by atoms with E-state index in [1.165, 1.54) is 11.8 Å². The zero-order chi connectivity index (χ0) is 22.9. The summed E-state index contributed by atoms with van der Waals surface area (Å²) in [6, 6.07) is 17.5. The van der Waals surface area contributed by atoms with Crippen molar-refractivity contribution in [1.82, 2.24) is 9.80 Å². The van der Waals surface area contributed by atoms with Crippen molar-refractivity contribution in [1.29, 1.82) is 0 Å². The molecule has 0 spiro atoms. The van der Waals surface area contributed by atoms with Gasteiger partial charge in [-0.1, -0.05) is 42.5 Å². The van der Waals surface area contributed by atoms with Crippen molar-refractivity contribution in [2.24, 2.45) is 0 Å². The third-order valence-electron chi connectivity index (χ3n) is 6.76. The SMILES string of the molecule is CC1C(c2ccccc2)OC(=O)N1C1CCN(C(=O)CN2C(=O)CSc3ccccc32)CC1. The Morgan fingerprint density at radius 1 is 1.03 bits per heavy atom. The van der Waals surface area contributed by atoms with E-state index in [1.54, 1.807) is 4.90 Å². The third kappa shape index (κ3) is 4.19. The van der Waals surface area contributed by atoms with Gasteiger partial charge < -0.3 is 14.5 Å². The summed E-state index contributed by atoms with van der Waals surface area (Å²) in [6.07, 6.45) is 0.843. The Kier molecular flexibility index (Phi) is 6.01. The van der Waals surface area contributed by atoms with Crippen LogP contribution in [-0.2, 0) is 14.3 Å². The molecule has 2 saturated heterocycles. The molecule has 0 radical (unpaired) electrons. The minimum absolute atomic E-state index is 0.0393. The van der Waals surface area contributed by atoms with E-state index in [-0.39, 0.29) is 42.6 Å². The fraction of sp³-hybridized carbons (Fsp3) is 0.400. The van der Waals surface area contributed by atoms with Crippen molar-refractivity contribution < 1.29 is 19.1 Å². The first-order valence-electron chi connectivity index (χ1n) is 11.4. The number of thioether (sulfide) groups is 1. The van der Waals surface area contributed by atoms with Crippen LogP contribution in [0.3, 0.4) is 0 Å². The van der Waals surface area contributed by atoms with Crippen molar-refractivity contribution in [3.05, 3.63) is 60.2 Å². The highest BCUT2D eigenvalue weighted by Crippen LogP contribution is 2.37. The number of benzene rings is 2. The van der Waals surface area contributed by atoms with Crippen molar-refractivity contribution in [2.75, 3.05) is 30.3 Å². The highest BCUT2D eigenvalue weighted by molar-refractivity contribution is 8.00. The van der Waals surface area contributed by atoms with Crippen LogP contribution < -0.4 is 4.90 Å². The molecular weight excluding hydrogens is 438 g/mol. The monoisotopic (exact) mass is 465 g/mol. The lowest BCUT2D eigenvalue weighted by molar-refractivity contribution is -0.132. The van der Waals surface area contributed by atoms with Crippen molar-refractivity contribution in [3.63, 3.8) is 0 Å². The van der Waals surface area contributed by atoms with E-state index in [2.05, 4.69) is 0 Å². The second-order valence-corrected chi connectivity index (χ2v) is 9.73. The molecule has 2 atom stereocenters. The molecule has 0 saturated carbocycles. The van der Waals surface area contributed by atoms with Gasteiger partial charge in [-0.05, 0) is 37.5 Å². The molecule has 2 fully saturated rings. The van der Waals surface area contributed by atoms with Gasteiger partial charge in [-0.25, -0.2) is 4.79 Å². The summed E-state index contributed by atoms with van der Waals surface area (Å²) in [6.45, 7) is 3.21. The number of carbonyl (C=O) groups is 3. The molecule has 2 aromatic rings. The Labute approximate surface area is 197 Å². The molecular formula is C25H27N3O4S. The lowest BCUT2D eigenvalue weighted by atomic mass is 9.98. The molecule has 0 bridgehead atoms. The van der Waals surface area contributed by atoms with E-state index in [1.807, 2.05) is 71.3 Å². The average molecular weight is 466 g/mol. The number of carbonyl (C=O) groups excluding carboxylic acids is 3. The number of cyclic esters (lactones) is 1. The summed E-state index contributed by atoms with van der Waals surface area (Å²) >= 11 is 1.51. The Hall–Kier alpha value is -3.00. The fourth-order valence-corrected chi connectivity index (χ4v) is 5.94. The van der Waals surface area contributed by atoms with E-state index in [4.69, 9.17) is 4.74 Å². The number of nitrogens with zero attached hydrogens (tertiary/aromatic N) is 3. The van der Waals surface area contributed by atoms with Gasteiger partial charge in [0.25, 0.3) is 0 Å². The van der Waals surface area contributed by atoms with Gasteiger partial charge in [0.05, 0.1) is 17.5 Å². The average Bonchev–Trinajstić information content (AvgIpc) is 3.15. The lowest BCUT2D eigenvalue weighted by Gasteiger charge is -2.38. The van der Waals surface area contributed by atoms with Gasteiger partial charge >= 0.3 is 6.09 Å². The van der Waals surface area contributed by atoms with Crippen molar-refractivity contribution >= 4 is 35.4 Å². The number of anilines is 1. The van der Waals surface area contributed by atoms with Crippen LogP contribution in [0.15, 0.2) is 59.5 Å². The van der Waals surface area contributed by atoms with Gasteiger partial charge in [-0.3, -0.25) is 14.5 Å². The number of rotatable bonds is 4. The van der Waals surface area contributed by atoms with Gasteiger partial charge in [0.15, 0.2) is 0 Å². The van der Waals surface area contributed by atoms with Crippen LogP contribution in [0.25, 0.3) is 0 Å². The molecule has 3 aliphatic heterocycles. The second kappa shape index (κ2) is 9.09. The summed E-state index contributed by atoms with van der Waals surface area (Å²) in [5, 5.41) is 0. The summed E-state index contributed by atoms with van der Waals surface area (Å²) < 4.78 is 5.71. The predicted octanol–water partition coefficient (Wildman–Crippen LogP) is 3.70. The molecule has 0 aliphatic carbocycles. The molecule has 0 aromatic heterocycles. The molecule has 0 N–H and O–H groups in total. The lowest BCUT2D eigenvalue weighted by Crippen LogP contribution is -2.51. The third-order valence-corrected chi connectivity index (χ3v) is 7.80. The van der Waals surface area contributed by atoms with Crippen LogP contribution in [0.5, 0.6) is 0 Å². The van der Waals surface area contributed by atoms with Crippen LogP contribution in [0.4, 0.5) is 10.5 Å². The molecule has 3 aliphatic rings. The van der Waals surface area contributed by atoms with Gasteiger partial charge in [0.1, 0.15) is 12.6 Å². The minimum Gasteiger partial charge on any atom is -0.439 e. The quantitative estimate of drug-likeness (QED) is 0.689. The smallest absolute Gasteiger partial charge is 0.411 e. The predicted molar refractivity (Wildman–Crippen MR) is 126 cm³/mol. The molecule has 172 valence electrons. The van der Waals surface area contributed by atoms with Crippen LogP contribution >= 0.6 is 11.8 Å². The molecule has 8 heteroatoms. The number of amides is 3. The maximum absolute atomic E-state index is 13.0. The maximum atomic E-state index is 13.0. The fourth-order valence-electron chi connectivity index (χ4n) is 5.01. The number of fused-ring (bicyclic) bond motifs is 1. The molecule has 2 aromatic carbocycles. The molecule has 7 nitrogen and oxygen atoms in total. The molecule has 3 heterocycles. The van der Waals surface area contributed by atoms with E-state index in [0.29, 0.717) is 31.7 Å². The second-order valence-electron chi connectivity index (χ2n) is 8.71. The number of hydrogen-bond donors (Lipinski definition) is 0. The zero-order valence-electron chi connectivity index (χ0n) is 18.6. The van der Waals surface area contributed by atoms with Crippen molar-refractivity contribution in [3.8, 4) is 0 Å². The topological polar surface area (TPSA) is 70.2 Å². The Morgan fingerprint density at radius 3 is 2.48 bits per heavy atom. The van der Waals surface area contributed by atoms with Gasteiger partial charge in [-0.15, -0.1) is 11.8 Å². The van der Waals surface area contributed by atoms with Gasteiger partial charge in [-0.2, -0.15) is 0 Å². The zero-order valence-corrected chi connectivity index (χ0v) is 19.4. The highest BCUT2D eigenvalue weighted by atomic mass is 32.2.